The topological polar surface area (TPSA) is 150 Å². The van der Waals surface area contributed by atoms with Gasteiger partial charge in [0.1, 0.15) is 0 Å². The Hall–Kier alpha value is -3.40. The van der Waals surface area contributed by atoms with Crippen molar-refractivity contribution in [1.29, 1.82) is 0 Å². The predicted octanol–water partition coefficient (Wildman–Crippen LogP) is 3.77. The molecule has 10 nitrogen and oxygen atoms in total. The fourth-order valence-corrected chi connectivity index (χ4v) is 3.09. The van der Waals surface area contributed by atoms with Crippen molar-refractivity contribution >= 4 is 11.4 Å². The van der Waals surface area contributed by atoms with Crippen LogP contribution in [0.3, 0.4) is 0 Å². The number of benzene rings is 2. The molecule has 0 saturated carbocycles. The lowest BCUT2D eigenvalue weighted by Crippen LogP contribution is -2.34. The van der Waals surface area contributed by atoms with E-state index in [1.54, 1.807) is 0 Å². The van der Waals surface area contributed by atoms with E-state index in [1.165, 1.54) is 62.4 Å². The smallest absolute Gasteiger partial charge is 0.275 e. The summed E-state index contributed by atoms with van der Waals surface area (Å²) < 4.78 is 0. The van der Waals surface area contributed by atoms with E-state index < -0.39 is 32.3 Å². The van der Waals surface area contributed by atoms with Gasteiger partial charge in [-0.3, -0.25) is 30.3 Å². The van der Waals surface area contributed by atoms with Crippen LogP contribution in [-0.2, 0) is 0 Å². The molecule has 10 heteroatoms. The number of aliphatic hydroxyl groups excluding tert-OH is 1. The largest absolute Gasteiger partial charge is 0.387 e. The Kier molecular flexibility index (Phi) is 6.04. The highest BCUT2D eigenvalue weighted by atomic mass is 16.6. The third-order valence-electron chi connectivity index (χ3n) is 4.58. The summed E-state index contributed by atoms with van der Waals surface area (Å²) in [4.78, 5) is 32.3. The van der Waals surface area contributed by atoms with Gasteiger partial charge in [-0.2, -0.15) is 0 Å². The first-order valence-corrected chi connectivity index (χ1v) is 8.35. The highest BCUT2D eigenvalue weighted by molar-refractivity contribution is 5.47. The van der Waals surface area contributed by atoms with E-state index in [0.29, 0.717) is 0 Å². The van der Waals surface area contributed by atoms with Crippen LogP contribution in [0, 0.1) is 30.3 Å². The molecule has 28 heavy (non-hydrogen) atoms. The highest BCUT2D eigenvalue weighted by Crippen LogP contribution is 2.43. The van der Waals surface area contributed by atoms with Crippen molar-refractivity contribution in [2.45, 2.75) is 37.8 Å². The molecule has 0 aromatic heterocycles. The van der Waals surface area contributed by atoms with Crippen molar-refractivity contribution in [1.82, 2.24) is 0 Å². The number of nitrogens with zero attached hydrogens (tertiary/aromatic N) is 3. The molecule has 0 aliphatic heterocycles. The number of hydrogen-bond donors (Lipinski definition) is 1. The molecule has 0 amide bonds. The van der Waals surface area contributed by atoms with Crippen molar-refractivity contribution in [3.8, 4) is 0 Å². The molecular weight excluding hydrogens is 370 g/mol. The minimum absolute atomic E-state index is 0.0604. The number of nitro groups is 3. The molecule has 0 aliphatic rings. The zero-order chi connectivity index (χ0) is 21.1. The van der Waals surface area contributed by atoms with Crippen molar-refractivity contribution < 1.29 is 19.9 Å². The summed E-state index contributed by atoms with van der Waals surface area (Å²) in [6.07, 6.45) is -1.82. The number of hydrogen-bond acceptors (Lipinski definition) is 7. The summed E-state index contributed by atoms with van der Waals surface area (Å²) in [6, 6.07) is 11.0. The SMILES string of the molecule is CC(C)(CC(c1ccccc1[N+](=O)[O-])C(O)c1ccccc1[N+](=O)[O-])[N+](=O)[O-]. The lowest BCUT2D eigenvalue weighted by molar-refractivity contribution is -0.562. The Balaban J connectivity index is 2.65. The minimum Gasteiger partial charge on any atom is -0.387 e. The molecule has 2 unspecified atom stereocenters. The Morgan fingerprint density at radius 1 is 0.857 bits per heavy atom. The average Bonchev–Trinajstić information content (AvgIpc) is 2.65. The molecule has 0 aliphatic carbocycles. The number of nitro benzene ring substituents is 2. The molecule has 2 rings (SSSR count). The third-order valence-corrected chi connectivity index (χ3v) is 4.58. The summed E-state index contributed by atoms with van der Waals surface area (Å²) in [6.45, 7) is 2.67. The Morgan fingerprint density at radius 3 is 1.75 bits per heavy atom. The monoisotopic (exact) mass is 389 g/mol. The van der Waals surface area contributed by atoms with Crippen molar-refractivity contribution in [2.75, 3.05) is 0 Å². The lowest BCUT2D eigenvalue weighted by Gasteiger charge is -2.27. The molecule has 0 heterocycles. The van der Waals surface area contributed by atoms with Crippen LogP contribution < -0.4 is 0 Å². The van der Waals surface area contributed by atoms with Crippen LogP contribution >= 0.6 is 0 Å². The number of para-hydroxylation sites is 2. The minimum atomic E-state index is -1.55. The molecule has 0 spiro atoms. The maximum Gasteiger partial charge on any atom is 0.275 e. The molecule has 2 aromatic carbocycles. The predicted molar refractivity (Wildman–Crippen MR) is 99.6 cm³/mol. The highest BCUT2D eigenvalue weighted by Gasteiger charge is 2.41. The van der Waals surface area contributed by atoms with Crippen molar-refractivity contribution in [3.05, 3.63) is 90.0 Å². The van der Waals surface area contributed by atoms with Gasteiger partial charge in [0.25, 0.3) is 11.4 Å². The molecule has 1 N–H and O–H groups in total. The van der Waals surface area contributed by atoms with E-state index >= 15 is 0 Å². The fourth-order valence-electron chi connectivity index (χ4n) is 3.09. The van der Waals surface area contributed by atoms with Gasteiger partial charge in [-0.15, -0.1) is 0 Å². The van der Waals surface area contributed by atoms with Gasteiger partial charge in [-0.1, -0.05) is 30.3 Å². The maximum atomic E-state index is 11.4. The molecule has 148 valence electrons. The van der Waals surface area contributed by atoms with Crippen LogP contribution in [0.2, 0.25) is 0 Å². The van der Waals surface area contributed by atoms with E-state index in [-0.39, 0.29) is 28.9 Å². The van der Waals surface area contributed by atoms with Gasteiger partial charge in [0.05, 0.1) is 21.5 Å². The molecule has 0 bridgehead atoms. The van der Waals surface area contributed by atoms with Crippen LogP contribution in [0.4, 0.5) is 11.4 Å². The first-order valence-electron chi connectivity index (χ1n) is 8.35. The second-order valence-corrected chi connectivity index (χ2v) is 6.96. The zero-order valence-corrected chi connectivity index (χ0v) is 15.2. The summed E-state index contributed by atoms with van der Waals surface area (Å²) in [5.74, 6) is -1.11. The Bertz CT molecular complexity index is 914. The normalized spacial score (nSPS) is 13.5. The van der Waals surface area contributed by atoms with Gasteiger partial charge in [-0.05, 0) is 6.07 Å². The summed E-state index contributed by atoms with van der Waals surface area (Å²) in [5, 5.41) is 45.2. The van der Waals surface area contributed by atoms with E-state index in [4.69, 9.17) is 0 Å². The van der Waals surface area contributed by atoms with Gasteiger partial charge >= 0.3 is 0 Å². The molecule has 0 saturated heterocycles. The van der Waals surface area contributed by atoms with Gasteiger partial charge in [-0.25, -0.2) is 0 Å². The van der Waals surface area contributed by atoms with Crippen LogP contribution in [0.15, 0.2) is 48.5 Å². The molecule has 0 radical (unpaired) electrons. The standard InChI is InChI=1S/C18H19N3O7/c1-18(2,21(27)28)11-14(12-7-3-5-9-15(12)19(23)24)17(22)13-8-4-6-10-16(13)20(25)26/h3-10,14,17,22H,11H2,1-2H3. The lowest BCUT2D eigenvalue weighted by atomic mass is 9.79. The second-order valence-electron chi connectivity index (χ2n) is 6.96. The first-order chi connectivity index (χ1) is 13.1. The average molecular weight is 389 g/mol. The van der Waals surface area contributed by atoms with E-state index in [2.05, 4.69) is 0 Å². The fraction of sp³-hybridized carbons (Fsp3) is 0.333. The second kappa shape index (κ2) is 8.09. The first kappa shape index (κ1) is 20.9. The Morgan fingerprint density at radius 2 is 1.29 bits per heavy atom. The summed E-state index contributed by atoms with van der Waals surface area (Å²) in [7, 11) is 0. The third kappa shape index (κ3) is 4.29. The van der Waals surface area contributed by atoms with E-state index in [0.717, 1.165) is 0 Å². The van der Waals surface area contributed by atoms with Crippen molar-refractivity contribution in [3.63, 3.8) is 0 Å². The van der Waals surface area contributed by atoms with Gasteiger partial charge in [0, 0.05) is 48.8 Å². The van der Waals surface area contributed by atoms with Crippen molar-refractivity contribution in [2.24, 2.45) is 0 Å². The van der Waals surface area contributed by atoms with E-state index in [9.17, 15) is 35.4 Å². The molecule has 2 aromatic rings. The van der Waals surface area contributed by atoms with Crippen LogP contribution in [0.1, 0.15) is 43.4 Å². The summed E-state index contributed by atoms with van der Waals surface area (Å²) in [5.41, 5.74) is -2.19. The quantitative estimate of drug-likeness (QED) is 0.533. The van der Waals surface area contributed by atoms with E-state index in [1.807, 2.05) is 0 Å². The maximum absolute atomic E-state index is 11.4. The zero-order valence-electron chi connectivity index (χ0n) is 15.2. The molecule has 2 atom stereocenters. The molecule has 0 fully saturated rings. The molecular formula is C18H19N3O7. The summed E-state index contributed by atoms with van der Waals surface area (Å²) >= 11 is 0. The van der Waals surface area contributed by atoms with Crippen LogP contribution in [0.25, 0.3) is 0 Å². The van der Waals surface area contributed by atoms with Crippen LogP contribution in [-0.4, -0.2) is 25.4 Å². The number of aliphatic hydroxyl groups is 1. The van der Waals surface area contributed by atoms with Gasteiger partial charge < -0.3 is 5.11 Å². The van der Waals surface area contributed by atoms with Gasteiger partial charge in [0.2, 0.25) is 5.54 Å². The number of rotatable bonds is 8. The van der Waals surface area contributed by atoms with Gasteiger partial charge in [0.15, 0.2) is 0 Å². The Labute approximate surface area is 159 Å². The van der Waals surface area contributed by atoms with Crippen LogP contribution in [0.5, 0.6) is 0 Å².